The van der Waals surface area contributed by atoms with E-state index in [2.05, 4.69) is 19.2 Å². The van der Waals surface area contributed by atoms with E-state index in [0.29, 0.717) is 36.7 Å². The fourth-order valence-corrected chi connectivity index (χ4v) is 2.18. The molecular weight excluding hydrogens is 270 g/mol. The second kappa shape index (κ2) is 6.16. The minimum Gasteiger partial charge on any atom is -0.493 e. The standard InChI is InChI=1S/C16H21NO4/c1-11(2)10-21-13-6-4-12(5-7-13)14(18)17-16(15(19)20)8-3-9-16/h4-7,11H,3,8-10H2,1-2H3,(H,17,18)(H,19,20). The fraction of sp³-hybridized carbons (Fsp3) is 0.500. The lowest BCUT2D eigenvalue weighted by molar-refractivity contribution is -0.148. The van der Waals surface area contributed by atoms with Gasteiger partial charge in [-0.1, -0.05) is 13.8 Å². The molecule has 0 unspecified atom stereocenters. The summed E-state index contributed by atoms with van der Waals surface area (Å²) < 4.78 is 5.55. The maximum atomic E-state index is 12.1. The first kappa shape index (κ1) is 15.4. The Morgan fingerprint density at radius 3 is 2.33 bits per heavy atom. The zero-order chi connectivity index (χ0) is 15.5. The second-order valence-electron chi connectivity index (χ2n) is 5.92. The maximum absolute atomic E-state index is 12.1. The van der Waals surface area contributed by atoms with Crippen molar-refractivity contribution in [1.82, 2.24) is 5.32 Å². The Kier molecular flexibility index (Phi) is 4.50. The molecule has 0 radical (unpaired) electrons. The highest BCUT2D eigenvalue weighted by Gasteiger charge is 2.45. The lowest BCUT2D eigenvalue weighted by atomic mass is 9.76. The molecule has 114 valence electrons. The number of hydrogen-bond acceptors (Lipinski definition) is 3. The summed E-state index contributed by atoms with van der Waals surface area (Å²) in [7, 11) is 0. The van der Waals surface area contributed by atoms with E-state index in [1.54, 1.807) is 24.3 Å². The number of carbonyl (C=O) groups excluding carboxylic acids is 1. The third kappa shape index (κ3) is 3.54. The van der Waals surface area contributed by atoms with Crippen molar-refractivity contribution in [2.24, 2.45) is 5.92 Å². The van der Waals surface area contributed by atoms with Gasteiger partial charge in [0, 0.05) is 5.56 Å². The quantitative estimate of drug-likeness (QED) is 0.844. The molecule has 0 saturated heterocycles. The third-order valence-corrected chi connectivity index (χ3v) is 3.67. The summed E-state index contributed by atoms with van der Waals surface area (Å²) in [6.07, 6.45) is 1.81. The molecule has 5 nitrogen and oxygen atoms in total. The molecule has 1 saturated carbocycles. The summed E-state index contributed by atoms with van der Waals surface area (Å²) in [5.41, 5.74) is -0.636. The summed E-state index contributed by atoms with van der Waals surface area (Å²) >= 11 is 0. The van der Waals surface area contributed by atoms with E-state index in [1.165, 1.54) is 0 Å². The van der Waals surface area contributed by atoms with Crippen molar-refractivity contribution in [2.75, 3.05) is 6.61 Å². The lowest BCUT2D eigenvalue weighted by Gasteiger charge is -2.38. The number of aliphatic carboxylic acids is 1. The Hall–Kier alpha value is -2.04. The number of benzene rings is 1. The van der Waals surface area contributed by atoms with Gasteiger partial charge >= 0.3 is 5.97 Å². The number of amides is 1. The van der Waals surface area contributed by atoms with Gasteiger partial charge in [-0.25, -0.2) is 4.79 Å². The fourth-order valence-electron chi connectivity index (χ4n) is 2.18. The van der Waals surface area contributed by atoms with Crippen molar-refractivity contribution in [1.29, 1.82) is 0 Å². The Bertz CT molecular complexity index is 518. The van der Waals surface area contributed by atoms with Crippen LogP contribution in [-0.2, 0) is 4.79 Å². The van der Waals surface area contributed by atoms with Gasteiger partial charge in [0.1, 0.15) is 11.3 Å². The molecule has 2 N–H and O–H groups in total. The molecule has 0 heterocycles. The summed E-state index contributed by atoms with van der Waals surface area (Å²) in [5.74, 6) is -0.176. The minimum absolute atomic E-state index is 0.354. The molecule has 21 heavy (non-hydrogen) atoms. The van der Waals surface area contributed by atoms with Crippen molar-refractivity contribution >= 4 is 11.9 Å². The molecule has 0 aromatic heterocycles. The molecule has 1 fully saturated rings. The summed E-state index contributed by atoms with van der Waals surface area (Å²) in [5, 5.41) is 11.8. The van der Waals surface area contributed by atoms with Gasteiger partial charge in [0.25, 0.3) is 5.91 Å². The van der Waals surface area contributed by atoms with Crippen molar-refractivity contribution in [2.45, 2.75) is 38.6 Å². The molecule has 1 aliphatic carbocycles. The first-order chi connectivity index (χ1) is 9.93. The molecular formula is C16H21NO4. The largest absolute Gasteiger partial charge is 0.493 e. The molecule has 1 aliphatic rings. The Labute approximate surface area is 124 Å². The lowest BCUT2D eigenvalue weighted by Crippen LogP contribution is -2.59. The van der Waals surface area contributed by atoms with Gasteiger partial charge in [0.15, 0.2) is 0 Å². The summed E-state index contributed by atoms with van der Waals surface area (Å²) in [6, 6.07) is 6.76. The van der Waals surface area contributed by atoms with Crippen LogP contribution in [0.3, 0.4) is 0 Å². The molecule has 0 spiro atoms. The second-order valence-corrected chi connectivity index (χ2v) is 5.92. The number of carbonyl (C=O) groups is 2. The van der Waals surface area contributed by atoms with Crippen LogP contribution in [0.5, 0.6) is 5.75 Å². The first-order valence-electron chi connectivity index (χ1n) is 7.22. The predicted molar refractivity (Wildman–Crippen MR) is 78.5 cm³/mol. The van der Waals surface area contributed by atoms with Crippen LogP contribution < -0.4 is 10.1 Å². The SMILES string of the molecule is CC(C)COc1ccc(C(=O)NC2(C(=O)O)CCC2)cc1. The van der Waals surface area contributed by atoms with Crippen LogP contribution in [0.25, 0.3) is 0 Å². The van der Waals surface area contributed by atoms with E-state index >= 15 is 0 Å². The normalized spacial score (nSPS) is 16.1. The van der Waals surface area contributed by atoms with Gasteiger partial charge in [-0.05, 0) is 49.4 Å². The van der Waals surface area contributed by atoms with Crippen molar-refractivity contribution in [3.8, 4) is 5.75 Å². The summed E-state index contributed by atoms with van der Waals surface area (Å²) in [4.78, 5) is 23.4. The molecule has 1 amide bonds. The molecule has 1 aromatic carbocycles. The molecule has 0 aliphatic heterocycles. The van der Waals surface area contributed by atoms with E-state index in [1.807, 2.05) is 0 Å². The average molecular weight is 291 g/mol. The molecule has 0 bridgehead atoms. The van der Waals surface area contributed by atoms with E-state index in [9.17, 15) is 14.7 Å². The van der Waals surface area contributed by atoms with Gasteiger partial charge in [0.05, 0.1) is 6.61 Å². The topological polar surface area (TPSA) is 75.6 Å². The van der Waals surface area contributed by atoms with Crippen LogP contribution in [0, 0.1) is 5.92 Å². The number of hydrogen-bond donors (Lipinski definition) is 2. The maximum Gasteiger partial charge on any atom is 0.329 e. The average Bonchev–Trinajstić information content (AvgIpc) is 2.40. The van der Waals surface area contributed by atoms with Crippen LogP contribution >= 0.6 is 0 Å². The minimum atomic E-state index is -1.08. The van der Waals surface area contributed by atoms with Crippen molar-refractivity contribution in [3.63, 3.8) is 0 Å². The molecule has 0 atom stereocenters. The molecule has 2 rings (SSSR count). The number of carboxylic acids is 1. The van der Waals surface area contributed by atoms with Crippen molar-refractivity contribution in [3.05, 3.63) is 29.8 Å². The van der Waals surface area contributed by atoms with Crippen LogP contribution in [0.1, 0.15) is 43.5 Å². The zero-order valence-corrected chi connectivity index (χ0v) is 12.4. The van der Waals surface area contributed by atoms with E-state index in [0.717, 1.165) is 6.42 Å². The van der Waals surface area contributed by atoms with E-state index < -0.39 is 11.5 Å². The predicted octanol–water partition coefficient (Wildman–Crippen LogP) is 2.46. The van der Waals surface area contributed by atoms with Crippen LogP contribution in [0.15, 0.2) is 24.3 Å². The van der Waals surface area contributed by atoms with Gasteiger partial charge in [-0.3, -0.25) is 4.79 Å². The summed E-state index contributed by atoms with van der Waals surface area (Å²) in [6.45, 7) is 4.74. The number of carboxylic acid groups (broad SMARTS) is 1. The first-order valence-corrected chi connectivity index (χ1v) is 7.22. The third-order valence-electron chi connectivity index (χ3n) is 3.67. The Morgan fingerprint density at radius 2 is 1.90 bits per heavy atom. The highest BCUT2D eigenvalue weighted by Crippen LogP contribution is 2.32. The smallest absolute Gasteiger partial charge is 0.329 e. The van der Waals surface area contributed by atoms with E-state index in [4.69, 9.17) is 4.74 Å². The highest BCUT2D eigenvalue weighted by molar-refractivity contribution is 5.98. The Balaban J connectivity index is 1.98. The highest BCUT2D eigenvalue weighted by atomic mass is 16.5. The van der Waals surface area contributed by atoms with Crippen LogP contribution in [-0.4, -0.2) is 29.1 Å². The van der Waals surface area contributed by atoms with Crippen LogP contribution in [0.4, 0.5) is 0 Å². The Morgan fingerprint density at radius 1 is 1.29 bits per heavy atom. The van der Waals surface area contributed by atoms with Gasteiger partial charge in [0.2, 0.25) is 0 Å². The van der Waals surface area contributed by atoms with Crippen molar-refractivity contribution < 1.29 is 19.4 Å². The van der Waals surface area contributed by atoms with Crippen LogP contribution in [0.2, 0.25) is 0 Å². The van der Waals surface area contributed by atoms with Gasteiger partial charge in [-0.15, -0.1) is 0 Å². The zero-order valence-electron chi connectivity index (χ0n) is 12.4. The van der Waals surface area contributed by atoms with Gasteiger partial charge in [-0.2, -0.15) is 0 Å². The number of ether oxygens (including phenoxy) is 1. The monoisotopic (exact) mass is 291 g/mol. The van der Waals surface area contributed by atoms with E-state index in [-0.39, 0.29) is 5.91 Å². The molecule has 1 aromatic rings. The van der Waals surface area contributed by atoms with Gasteiger partial charge < -0.3 is 15.2 Å². The number of rotatable bonds is 6. The number of nitrogens with one attached hydrogen (secondary N) is 1. The molecule has 5 heteroatoms.